The molecule has 5 aliphatic rings. The van der Waals surface area contributed by atoms with Crippen molar-refractivity contribution in [2.24, 2.45) is 0 Å². The van der Waals surface area contributed by atoms with Crippen LogP contribution in [0, 0.1) is 0 Å². The minimum Gasteiger partial charge on any atom is -0.456 e. The third kappa shape index (κ3) is 4.90. The largest absolute Gasteiger partial charge is 0.456 e. The van der Waals surface area contributed by atoms with Gasteiger partial charge in [-0.3, -0.25) is 0 Å². The predicted octanol–water partition coefficient (Wildman–Crippen LogP) is 15.1. The maximum atomic E-state index is 6.76. The number of hydrogen-bond acceptors (Lipinski definition) is 3. The van der Waals surface area contributed by atoms with Crippen LogP contribution in [0.2, 0.25) is 0 Å². The van der Waals surface area contributed by atoms with E-state index in [-0.39, 0.29) is 17.7 Å². The van der Waals surface area contributed by atoms with Crippen molar-refractivity contribution in [3.63, 3.8) is 0 Å². The van der Waals surface area contributed by atoms with E-state index < -0.39 is 5.41 Å². The Morgan fingerprint density at radius 1 is 0.515 bits per heavy atom. The molecule has 8 aromatic carbocycles. The Morgan fingerprint density at radius 2 is 1.21 bits per heavy atom. The molecule has 0 amide bonds. The fourth-order valence-electron chi connectivity index (χ4n) is 13.5. The van der Waals surface area contributed by atoms with Crippen molar-refractivity contribution in [2.45, 2.75) is 89.4 Å². The van der Waals surface area contributed by atoms with Crippen molar-refractivity contribution in [3.05, 3.63) is 197 Å². The third-order valence-corrected chi connectivity index (χ3v) is 16.7. The zero-order valence-electron chi connectivity index (χ0n) is 38.6. The van der Waals surface area contributed by atoms with Crippen LogP contribution in [0.3, 0.4) is 0 Å². The molecule has 0 atom stereocenters. The quantitative estimate of drug-likeness (QED) is 0.127. The number of unbranched alkanes of at least 4 members (excludes halogenated alkanes) is 2. The minimum absolute atomic E-state index is 0.0509. The van der Waals surface area contributed by atoms with Gasteiger partial charge in [0.05, 0.1) is 11.1 Å². The molecule has 0 saturated heterocycles. The minimum atomic E-state index is -0.495. The van der Waals surface area contributed by atoms with Crippen LogP contribution in [0.15, 0.2) is 162 Å². The second-order valence-corrected chi connectivity index (χ2v) is 21.2. The first-order chi connectivity index (χ1) is 32.2. The van der Waals surface area contributed by atoms with E-state index in [1.807, 2.05) is 0 Å². The molecule has 4 heteroatoms. The SMILES string of the molecule is CCCCCc1cc2c3c(c1)N1c4ccccc4C4(c5ccccc5-c5ccccc54)c4cccc(c41)B3N(c1ccc3c(c1)C(C)(C)CCC3(C)C)c1cc3c(cc1-2)oc1ccccc13. The Morgan fingerprint density at radius 3 is 2.00 bits per heavy atom. The van der Waals surface area contributed by atoms with Crippen LogP contribution in [0.5, 0.6) is 0 Å². The van der Waals surface area contributed by atoms with Crippen LogP contribution in [-0.4, -0.2) is 6.85 Å². The monoisotopic (exact) mass is 852 g/mol. The highest BCUT2D eigenvalue weighted by molar-refractivity contribution is 6.93. The van der Waals surface area contributed by atoms with Crippen LogP contribution in [-0.2, 0) is 22.7 Å². The Bertz CT molecular complexity index is 3510. The van der Waals surface area contributed by atoms with E-state index >= 15 is 0 Å². The lowest BCUT2D eigenvalue weighted by Gasteiger charge is -2.51. The van der Waals surface area contributed by atoms with Gasteiger partial charge in [0.15, 0.2) is 0 Å². The van der Waals surface area contributed by atoms with Crippen molar-refractivity contribution in [1.82, 2.24) is 0 Å². The van der Waals surface area contributed by atoms with Crippen LogP contribution in [0.25, 0.3) is 44.2 Å². The molecule has 1 aromatic heterocycles. The fraction of sp³-hybridized carbons (Fsp3) is 0.226. The van der Waals surface area contributed by atoms with Gasteiger partial charge in [0, 0.05) is 39.1 Å². The fourth-order valence-corrected chi connectivity index (χ4v) is 13.5. The summed E-state index contributed by atoms with van der Waals surface area (Å²) >= 11 is 0. The lowest BCUT2D eigenvalue weighted by Crippen LogP contribution is -2.62. The van der Waals surface area contributed by atoms with Crippen molar-refractivity contribution < 1.29 is 4.42 Å². The molecule has 1 spiro atoms. The maximum absolute atomic E-state index is 6.76. The van der Waals surface area contributed by atoms with E-state index in [4.69, 9.17) is 4.42 Å². The second kappa shape index (κ2) is 13.4. The van der Waals surface area contributed by atoms with Gasteiger partial charge in [0.2, 0.25) is 0 Å². The standard InChI is InChI=1S/C62H53BN2O/c1-6-7-8-18-38-33-45-43-37-57-44(42-21-11-16-28-56(42)66-57)36-54(43)65(39-29-30-48-51(35-39)61(4,5)32-31-60(48,2)3)63-52-26-17-25-50-59(52)64(55(34-38)58(45)63)53-27-15-14-24-49(53)62(50)46-22-12-9-19-40(46)41-20-10-13-23-47(41)62/h9-17,19-30,33-37H,6-8,18,31-32H2,1-5H3. The van der Waals surface area contributed by atoms with Crippen molar-refractivity contribution in [3.8, 4) is 22.3 Å². The number of rotatable bonds is 5. The average Bonchev–Trinajstić information content (AvgIpc) is 3.85. The Kier molecular flexibility index (Phi) is 7.82. The molecule has 3 nitrogen and oxygen atoms in total. The summed E-state index contributed by atoms with van der Waals surface area (Å²) in [7, 11) is 0. The lowest BCUT2D eigenvalue weighted by atomic mass is 9.42. The Labute approximate surface area is 388 Å². The van der Waals surface area contributed by atoms with Crippen LogP contribution < -0.4 is 20.6 Å². The summed E-state index contributed by atoms with van der Waals surface area (Å²) in [4.78, 5) is 5.43. The molecule has 0 N–H and O–H groups in total. The average molecular weight is 853 g/mol. The zero-order chi connectivity index (χ0) is 44.3. The van der Waals surface area contributed by atoms with E-state index in [9.17, 15) is 0 Å². The summed E-state index contributed by atoms with van der Waals surface area (Å²) in [5.41, 5.74) is 25.6. The van der Waals surface area contributed by atoms with Gasteiger partial charge in [0.25, 0.3) is 0 Å². The van der Waals surface area contributed by atoms with Gasteiger partial charge in [-0.15, -0.1) is 0 Å². The van der Waals surface area contributed by atoms with Gasteiger partial charge < -0.3 is 14.1 Å². The number of fused-ring (bicyclic) bond motifs is 17. The number of hydrogen-bond donors (Lipinski definition) is 0. The van der Waals surface area contributed by atoms with E-state index in [1.165, 1.54) is 120 Å². The molecule has 4 heterocycles. The van der Waals surface area contributed by atoms with Crippen LogP contribution in [0.4, 0.5) is 28.4 Å². The molecule has 9 aromatic rings. The molecule has 14 rings (SSSR count). The predicted molar refractivity (Wildman–Crippen MR) is 277 cm³/mol. The molecule has 2 aliphatic carbocycles. The lowest BCUT2D eigenvalue weighted by molar-refractivity contribution is 0.332. The molecule has 0 unspecified atom stereocenters. The van der Waals surface area contributed by atoms with Gasteiger partial charge >= 0.3 is 6.85 Å². The summed E-state index contributed by atoms with van der Waals surface area (Å²) in [6.45, 7) is 12.0. The Balaban J connectivity index is 1.13. The van der Waals surface area contributed by atoms with Gasteiger partial charge in [0.1, 0.15) is 11.2 Å². The number of furan rings is 1. The van der Waals surface area contributed by atoms with Crippen molar-refractivity contribution in [2.75, 3.05) is 9.71 Å². The van der Waals surface area contributed by atoms with E-state index in [1.54, 1.807) is 0 Å². The van der Waals surface area contributed by atoms with E-state index in [0.29, 0.717) is 0 Å². The molecular formula is C62H53BN2O. The molecule has 0 bridgehead atoms. The number of para-hydroxylation sites is 3. The number of nitrogens with zero attached hydrogens (tertiary/aromatic N) is 2. The van der Waals surface area contributed by atoms with Gasteiger partial charge in [-0.1, -0.05) is 163 Å². The highest BCUT2D eigenvalue weighted by atomic mass is 16.3. The molecule has 66 heavy (non-hydrogen) atoms. The number of anilines is 5. The van der Waals surface area contributed by atoms with Crippen molar-refractivity contribution >= 4 is 68.1 Å². The number of aryl methyl sites for hydroxylation is 1. The van der Waals surface area contributed by atoms with Gasteiger partial charge in [-0.2, -0.15) is 0 Å². The molecule has 0 fully saturated rings. The number of benzene rings is 8. The topological polar surface area (TPSA) is 19.6 Å². The van der Waals surface area contributed by atoms with Gasteiger partial charge in [-0.05, 0) is 146 Å². The molecule has 0 radical (unpaired) electrons. The Hall–Kier alpha value is -6.78. The normalized spacial score (nSPS) is 17.0. The first-order valence-corrected chi connectivity index (χ1v) is 24.5. The van der Waals surface area contributed by atoms with E-state index in [0.717, 1.165) is 41.2 Å². The molecule has 3 aliphatic heterocycles. The van der Waals surface area contributed by atoms with E-state index in [2.05, 4.69) is 202 Å². The summed E-state index contributed by atoms with van der Waals surface area (Å²) in [5.74, 6) is 0. The summed E-state index contributed by atoms with van der Waals surface area (Å²) in [6.07, 6.45) is 6.96. The third-order valence-electron chi connectivity index (χ3n) is 16.7. The first kappa shape index (κ1) is 38.5. The van der Waals surface area contributed by atoms with Crippen molar-refractivity contribution in [1.29, 1.82) is 0 Å². The van der Waals surface area contributed by atoms with Gasteiger partial charge in [-0.25, -0.2) is 0 Å². The van der Waals surface area contributed by atoms with Crippen LogP contribution in [0.1, 0.15) is 106 Å². The summed E-state index contributed by atoms with van der Waals surface area (Å²) in [6, 6.07) is 61.1. The highest BCUT2D eigenvalue weighted by Crippen LogP contribution is 2.64. The second-order valence-electron chi connectivity index (χ2n) is 21.2. The zero-order valence-corrected chi connectivity index (χ0v) is 38.6. The summed E-state index contributed by atoms with van der Waals surface area (Å²) in [5, 5.41) is 2.32. The highest BCUT2D eigenvalue weighted by Gasteiger charge is 2.56. The van der Waals surface area contributed by atoms with Crippen LogP contribution >= 0.6 is 0 Å². The summed E-state index contributed by atoms with van der Waals surface area (Å²) < 4.78 is 6.76. The molecular weight excluding hydrogens is 800 g/mol. The molecule has 0 saturated carbocycles. The molecule has 320 valence electrons. The maximum Gasteiger partial charge on any atom is 0.333 e. The smallest absolute Gasteiger partial charge is 0.333 e. The first-order valence-electron chi connectivity index (χ1n) is 24.5.